The first-order valence-corrected chi connectivity index (χ1v) is 0. The Balaban J connectivity index is 0. The van der Waals surface area contributed by atoms with Gasteiger partial charge in [0.1, 0.15) is 0 Å². The summed E-state index contributed by atoms with van der Waals surface area (Å²) in [6, 6.07) is 0. The summed E-state index contributed by atoms with van der Waals surface area (Å²) in [5.41, 5.74) is 0. The zero-order valence-electron chi connectivity index (χ0n) is 2.21. The molecule has 0 amide bonds. The molecule has 0 unspecified atom stereocenters. The third kappa shape index (κ3) is 111. The van der Waals surface area contributed by atoms with Crippen LogP contribution in [0, 0.1) is 0 Å². The number of hydrogen-bond acceptors (Lipinski definition) is 0. The van der Waals surface area contributed by atoms with Gasteiger partial charge < -0.3 is 0 Å². The fraction of sp³-hybridized carbons (Fsp3) is 0. The van der Waals surface area contributed by atoms with Crippen molar-refractivity contribution < 1.29 is 18.8 Å². The number of halogens is 4. The molecule has 0 aromatic rings. The molecule has 0 aromatic carbocycles. The molecule has 0 saturated heterocycles. The molecule has 0 heterocycles. The molecule has 0 rings (SSSR count). The molecule has 0 nitrogen and oxygen atoms in total. The molecular formula is H5BF4Na. The van der Waals surface area contributed by atoms with Crippen molar-refractivity contribution in [1.29, 1.82) is 0 Å². The van der Waals surface area contributed by atoms with Crippen LogP contribution in [0.1, 0.15) is 0 Å². The van der Waals surface area contributed by atoms with Crippen LogP contribution in [-0.2, 0) is 0 Å². The van der Waals surface area contributed by atoms with Gasteiger partial charge in [-0.05, 0) is 0 Å². The fourth-order valence-corrected chi connectivity index (χ4v) is 0. The molecule has 0 saturated carbocycles. The molecule has 0 aliphatic heterocycles. The van der Waals surface area contributed by atoms with Crippen LogP contribution >= 0.6 is 0 Å². The Labute approximate surface area is 57.0 Å². The van der Waals surface area contributed by atoms with Gasteiger partial charge in [-0.15, -0.1) is 0 Å². The van der Waals surface area contributed by atoms with Crippen molar-refractivity contribution in [3.05, 3.63) is 0 Å². The Kier molecular flexibility index (Phi) is 13200. The predicted molar refractivity (Wildman–Crippen MR) is 22.9 cm³/mol. The van der Waals surface area contributed by atoms with Crippen molar-refractivity contribution in [3.8, 4) is 0 Å². The van der Waals surface area contributed by atoms with E-state index in [0.29, 0.717) is 0 Å². The second-order valence-corrected chi connectivity index (χ2v) is 0. The van der Waals surface area contributed by atoms with E-state index in [1.807, 2.05) is 0 Å². The number of rotatable bonds is 0. The quantitative estimate of drug-likeness (QED) is 0.297. The Morgan fingerprint density at radius 2 is 0.500 bits per heavy atom. The SMILES string of the molecule is F.F.F.F.[B].[NaH]. The van der Waals surface area contributed by atoms with Gasteiger partial charge in [0, 0.05) is 8.41 Å². The standard InChI is InChI=1S/B.4FH.Na.H/h;4*1H;;. The van der Waals surface area contributed by atoms with Gasteiger partial charge in [0.05, 0.1) is 0 Å². The molecule has 0 N–H and O–H groups in total. The molecule has 6 heavy (non-hydrogen) atoms. The maximum atomic E-state index is 0. The molecule has 3 radical (unpaired) electrons. The average Bonchev–Trinajstić information content (AvgIpc) is 0. The van der Waals surface area contributed by atoms with E-state index in [2.05, 4.69) is 0 Å². The van der Waals surface area contributed by atoms with E-state index in [4.69, 9.17) is 0 Å². The van der Waals surface area contributed by atoms with Gasteiger partial charge in [-0.1, -0.05) is 0 Å². The van der Waals surface area contributed by atoms with Gasteiger partial charge >= 0.3 is 29.6 Å². The topological polar surface area (TPSA) is 0 Å². The van der Waals surface area contributed by atoms with Gasteiger partial charge in [-0.3, -0.25) is 18.8 Å². The second kappa shape index (κ2) is 215. The van der Waals surface area contributed by atoms with Crippen LogP contribution in [0.5, 0.6) is 0 Å². The summed E-state index contributed by atoms with van der Waals surface area (Å²) in [5, 5.41) is 0. The van der Waals surface area contributed by atoms with Crippen LogP contribution in [0.25, 0.3) is 0 Å². The summed E-state index contributed by atoms with van der Waals surface area (Å²) in [6.07, 6.45) is 0. The average molecular weight is 115 g/mol. The number of hydrogen-bond donors (Lipinski definition) is 0. The monoisotopic (exact) mass is 115 g/mol. The van der Waals surface area contributed by atoms with E-state index < -0.39 is 0 Å². The normalized spacial score (nSPS) is 0. The Morgan fingerprint density at radius 3 is 0.500 bits per heavy atom. The summed E-state index contributed by atoms with van der Waals surface area (Å²) in [7, 11) is 0. The first kappa shape index (κ1) is 369. The van der Waals surface area contributed by atoms with Crippen molar-refractivity contribution in [3.63, 3.8) is 0 Å². The van der Waals surface area contributed by atoms with E-state index in [1.54, 1.807) is 0 Å². The van der Waals surface area contributed by atoms with Gasteiger partial charge in [0.2, 0.25) is 0 Å². The van der Waals surface area contributed by atoms with Gasteiger partial charge in [0.25, 0.3) is 0 Å². The maximum absolute atomic E-state index is 0. The van der Waals surface area contributed by atoms with Crippen molar-refractivity contribution in [2.45, 2.75) is 0 Å². The molecule has 6 heteroatoms. The van der Waals surface area contributed by atoms with Crippen LogP contribution in [0.3, 0.4) is 0 Å². The van der Waals surface area contributed by atoms with E-state index >= 15 is 0 Å². The second-order valence-electron chi connectivity index (χ2n) is 0. The van der Waals surface area contributed by atoms with Crippen LogP contribution in [0.2, 0.25) is 0 Å². The molecule has 0 aliphatic carbocycles. The fourth-order valence-electron chi connectivity index (χ4n) is 0. The summed E-state index contributed by atoms with van der Waals surface area (Å²) < 4.78 is 0. The summed E-state index contributed by atoms with van der Waals surface area (Å²) >= 11 is 0. The molecule has 0 aromatic heterocycles. The van der Waals surface area contributed by atoms with E-state index in [9.17, 15) is 0 Å². The van der Waals surface area contributed by atoms with Gasteiger partial charge in [-0.25, -0.2) is 0 Å². The first-order valence-electron chi connectivity index (χ1n) is 0. The van der Waals surface area contributed by atoms with Crippen LogP contribution in [0.4, 0.5) is 18.8 Å². The minimum atomic E-state index is 0. The van der Waals surface area contributed by atoms with Gasteiger partial charge in [-0.2, -0.15) is 0 Å². The van der Waals surface area contributed by atoms with Crippen molar-refractivity contribution >= 4 is 38.0 Å². The Bertz CT molecular complexity index is 7.51. The van der Waals surface area contributed by atoms with Crippen molar-refractivity contribution in [1.82, 2.24) is 0 Å². The summed E-state index contributed by atoms with van der Waals surface area (Å²) in [5.74, 6) is 0. The summed E-state index contributed by atoms with van der Waals surface area (Å²) in [4.78, 5) is 0. The van der Waals surface area contributed by atoms with E-state index in [1.165, 1.54) is 0 Å². The van der Waals surface area contributed by atoms with Crippen molar-refractivity contribution in [2.24, 2.45) is 0 Å². The predicted octanol–water partition coefficient (Wildman–Crippen LogP) is -0.419. The Morgan fingerprint density at radius 1 is 0.500 bits per heavy atom. The van der Waals surface area contributed by atoms with E-state index in [-0.39, 0.29) is 56.8 Å². The molecule has 0 aliphatic rings. The third-order valence-electron chi connectivity index (χ3n) is 0. The zero-order valence-corrected chi connectivity index (χ0v) is 2.21. The molecule has 0 bridgehead atoms. The molecule has 0 fully saturated rings. The van der Waals surface area contributed by atoms with Crippen molar-refractivity contribution in [2.75, 3.05) is 0 Å². The Hall–Kier alpha value is 0.785. The van der Waals surface area contributed by atoms with Crippen LogP contribution in [0.15, 0.2) is 0 Å². The summed E-state index contributed by atoms with van der Waals surface area (Å²) in [6.45, 7) is 0. The van der Waals surface area contributed by atoms with Crippen LogP contribution in [-0.4, -0.2) is 38.0 Å². The minimum absolute atomic E-state index is 0. The zero-order chi connectivity index (χ0) is 0. The first-order chi connectivity index (χ1) is 0. The van der Waals surface area contributed by atoms with Crippen LogP contribution < -0.4 is 0 Å². The molecule has 0 atom stereocenters. The third-order valence-corrected chi connectivity index (χ3v) is 0. The molecule has 0 spiro atoms. The molecule has 37 valence electrons. The van der Waals surface area contributed by atoms with E-state index in [0.717, 1.165) is 0 Å². The van der Waals surface area contributed by atoms with Gasteiger partial charge in [0.15, 0.2) is 0 Å². The molecular weight excluding hydrogens is 110 g/mol.